The zero-order valence-corrected chi connectivity index (χ0v) is 12.5. The molecule has 0 unspecified atom stereocenters. The fourth-order valence-electron chi connectivity index (χ4n) is 2.15. The summed E-state index contributed by atoms with van der Waals surface area (Å²) < 4.78 is 0. The second-order valence-corrected chi connectivity index (χ2v) is 5.15. The average molecular weight is 297 g/mol. The van der Waals surface area contributed by atoms with E-state index in [9.17, 15) is 9.59 Å². The Labute approximate surface area is 129 Å². The number of hydrogen-bond donors (Lipinski definition) is 2. The van der Waals surface area contributed by atoms with Gasteiger partial charge in [-0.2, -0.15) is 0 Å². The van der Waals surface area contributed by atoms with Gasteiger partial charge >= 0.3 is 0 Å². The van der Waals surface area contributed by atoms with Crippen molar-refractivity contribution in [2.75, 3.05) is 18.9 Å². The quantitative estimate of drug-likeness (QED) is 0.854. The van der Waals surface area contributed by atoms with Crippen molar-refractivity contribution in [1.29, 1.82) is 0 Å². The third-order valence-electron chi connectivity index (χ3n) is 3.14. The number of rotatable bonds is 6. The van der Waals surface area contributed by atoms with E-state index in [1.54, 1.807) is 24.3 Å². The largest absolute Gasteiger partial charge is 0.366 e. The third kappa shape index (κ3) is 4.71. The Bertz CT molecular complexity index is 656. The van der Waals surface area contributed by atoms with Gasteiger partial charge in [0.25, 0.3) is 0 Å². The molecule has 0 aliphatic carbocycles. The minimum Gasteiger partial charge on any atom is -0.366 e. The van der Waals surface area contributed by atoms with Gasteiger partial charge in [-0.05, 0) is 30.8 Å². The Hall–Kier alpha value is -2.66. The molecular weight excluding hydrogens is 278 g/mol. The van der Waals surface area contributed by atoms with Crippen LogP contribution >= 0.6 is 0 Å². The average Bonchev–Trinajstić information content (AvgIpc) is 2.48. The first-order chi connectivity index (χ1) is 10.5. The van der Waals surface area contributed by atoms with Crippen LogP contribution in [0.3, 0.4) is 0 Å². The van der Waals surface area contributed by atoms with Crippen LogP contribution in [0.25, 0.3) is 0 Å². The second kappa shape index (κ2) is 7.38. The number of anilines is 1. The van der Waals surface area contributed by atoms with Crippen LogP contribution in [0.2, 0.25) is 0 Å². The molecule has 0 saturated heterocycles. The summed E-state index contributed by atoms with van der Waals surface area (Å²) in [6.07, 6.45) is 0. The van der Waals surface area contributed by atoms with Gasteiger partial charge in [0.1, 0.15) is 0 Å². The van der Waals surface area contributed by atoms with E-state index < -0.39 is 5.91 Å². The molecule has 3 N–H and O–H groups in total. The van der Waals surface area contributed by atoms with Gasteiger partial charge in [0.15, 0.2) is 0 Å². The maximum atomic E-state index is 12.0. The van der Waals surface area contributed by atoms with Gasteiger partial charge in [0.05, 0.1) is 6.54 Å². The van der Waals surface area contributed by atoms with E-state index in [0.717, 1.165) is 5.56 Å². The third-order valence-corrected chi connectivity index (χ3v) is 3.14. The Morgan fingerprint density at radius 3 is 2.50 bits per heavy atom. The first-order valence-corrected chi connectivity index (χ1v) is 6.97. The second-order valence-electron chi connectivity index (χ2n) is 5.15. The molecule has 0 aliphatic rings. The molecule has 2 amide bonds. The van der Waals surface area contributed by atoms with Crippen molar-refractivity contribution in [3.8, 4) is 0 Å². The molecule has 0 fully saturated rings. The van der Waals surface area contributed by atoms with Gasteiger partial charge in [0.2, 0.25) is 11.8 Å². The van der Waals surface area contributed by atoms with E-state index in [2.05, 4.69) is 5.32 Å². The smallest absolute Gasteiger partial charge is 0.248 e. The van der Waals surface area contributed by atoms with Crippen LogP contribution in [0.5, 0.6) is 0 Å². The first kappa shape index (κ1) is 15.7. The first-order valence-electron chi connectivity index (χ1n) is 6.97. The lowest BCUT2D eigenvalue weighted by Gasteiger charge is -2.16. The molecule has 2 aromatic rings. The number of nitrogens with two attached hydrogens (primary N) is 1. The minimum absolute atomic E-state index is 0.139. The molecule has 0 heterocycles. The number of nitrogens with one attached hydrogen (secondary N) is 1. The van der Waals surface area contributed by atoms with E-state index in [1.165, 1.54) is 0 Å². The highest BCUT2D eigenvalue weighted by Crippen LogP contribution is 2.10. The maximum absolute atomic E-state index is 12.0. The number of likely N-dealkylation sites (N-methyl/N-ethyl adjacent to an activating group) is 1. The summed E-state index contributed by atoms with van der Waals surface area (Å²) in [4.78, 5) is 25.1. The molecule has 2 aromatic carbocycles. The van der Waals surface area contributed by atoms with Crippen LogP contribution in [0.1, 0.15) is 15.9 Å². The van der Waals surface area contributed by atoms with Crippen molar-refractivity contribution in [1.82, 2.24) is 4.90 Å². The van der Waals surface area contributed by atoms with Gasteiger partial charge in [-0.15, -0.1) is 0 Å². The van der Waals surface area contributed by atoms with Crippen LogP contribution < -0.4 is 11.1 Å². The standard InChI is InChI=1S/C17H19N3O2/c1-20(11-13-6-3-2-4-7-13)12-16(21)19-15-9-5-8-14(10-15)17(18)22/h2-10H,11-12H2,1H3,(H2,18,22)(H,19,21). The number of hydrogen-bond acceptors (Lipinski definition) is 3. The number of primary amides is 1. The normalized spacial score (nSPS) is 10.5. The summed E-state index contributed by atoms with van der Waals surface area (Å²) in [5.41, 5.74) is 7.30. The van der Waals surface area contributed by atoms with Crippen LogP contribution in [0.4, 0.5) is 5.69 Å². The van der Waals surface area contributed by atoms with Crippen LogP contribution in [-0.4, -0.2) is 30.3 Å². The van der Waals surface area contributed by atoms with E-state index in [-0.39, 0.29) is 12.5 Å². The molecule has 5 heteroatoms. The van der Waals surface area contributed by atoms with Gasteiger partial charge in [-0.25, -0.2) is 0 Å². The molecule has 0 aromatic heterocycles. The molecule has 0 spiro atoms. The highest BCUT2D eigenvalue weighted by atomic mass is 16.2. The number of nitrogens with zero attached hydrogens (tertiary/aromatic N) is 1. The summed E-state index contributed by atoms with van der Waals surface area (Å²) in [6, 6.07) is 16.5. The van der Waals surface area contributed by atoms with E-state index >= 15 is 0 Å². The number of carbonyl (C=O) groups is 2. The summed E-state index contributed by atoms with van der Waals surface area (Å²) in [5.74, 6) is -0.655. The zero-order valence-electron chi connectivity index (χ0n) is 12.5. The molecule has 114 valence electrons. The minimum atomic E-state index is -0.516. The molecule has 0 saturated carbocycles. The Morgan fingerprint density at radius 2 is 1.82 bits per heavy atom. The molecule has 2 rings (SSSR count). The van der Waals surface area contributed by atoms with Crippen LogP contribution in [-0.2, 0) is 11.3 Å². The predicted molar refractivity (Wildman–Crippen MR) is 86.4 cm³/mol. The molecule has 22 heavy (non-hydrogen) atoms. The molecule has 5 nitrogen and oxygen atoms in total. The lowest BCUT2D eigenvalue weighted by molar-refractivity contribution is -0.117. The van der Waals surface area contributed by atoms with E-state index in [4.69, 9.17) is 5.73 Å². The predicted octanol–water partition coefficient (Wildman–Crippen LogP) is 1.86. The molecular formula is C17H19N3O2. The Balaban J connectivity index is 1.90. The van der Waals surface area contributed by atoms with Gasteiger partial charge in [0, 0.05) is 17.8 Å². The highest BCUT2D eigenvalue weighted by molar-refractivity contribution is 5.96. The molecule has 0 aliphatic heterocycles. The van der Waals surface area contributed by atoms with Gasteiger partial charge < -0.3 is 11.1 Å². The fourth-order valence-corrected chi connectivity index (χ4v) is 2.15. The molecule has 0 atom stereocenters. The van der Waals surface area contributed by atoms with Crippen molar-refractivity contribution >= 4 is 17.5 Å². The van der Waals surface area contributed by atoms with Crippen molar-refractivity contribution < 1.29 is 9.59 Å². The monoisotopic (exact) mass is 297 g/mol. The Morgan fingerprint density at radius 1 is 1.09 bits per heavy atom. The highest BCUT2D eigenvalue weighted by Gasteiger charge is 2.08. The van der Waals surface area contributed by atoms with Crippen LogP contribution in [0, 0.1) is 0 Å². The lowest BCUT2D eigenvalue weighted by Crippen LogP contribution is -2.29. The zero-order chi connectivity index (χ0) is 15.9. The SMILES string of the molecule is CN(CC(=O)Nc1cccc(C(N)=O)c1)Cc1ccccc1. The van der Waals surface area contributed by atoms with E-state index in [1.807, 2.05) is 42.3 Å². The summed E-state index contributed by atoms with van der Waals surface area (Å²) in [7, 11) is 1.88. The van der Waals surface area contributed by atoms with Crippen molar-refractivity contribution in [2.24, 2.45) is 5.73 Å². The van der Waals surface area contributed by atoms with Crippen molar-refractivity contribution in [3.63, 3.8) is 0 Å². The van der Waals surface area contributed by atoms with Gasteiger partial charge in [-0.1, -0.05) is 36.4 Å². The van der Waals surface area contributed by atoms with Crippen LogP contribution in [0.15, 0.2) is 54.6 Å². The summed E-state index contributed by atoms with van der Waals surface area (Å²) in [5, 5.41) is 2.77. The lowest BCUT2D eigenvalue weighted by atomic mass is 10.2. The van der Waals surface area contributed by atoms with Gasteiger partial charge in [-0.3, -0.25) is 14.5 Å². The summed E-state index contributed by atoms with van der Waals surface area (Å²) in [6.45, 7) is 0.950. The summed E-state index contributed by atoms with van der Waals surface area (Å²) >= 11 is 0. The fraction of sp³-hybridized carbons (Fsp3) is 0.176. The Kier molecular flexibility index (Phi) is 5.27. The van der Waals surface area contributed by atoms with E-state index in [0.29, 0.717) is 17.8 Å². The van der Waals surface area contributed by atoms with Crippen molar-refractivity contribution in [3.05, 3.63) is 65.7 Å². The number of amides is 2. The number of benzene rings is 2. The van der Waals surface area contributed by atoms with Crippen molar-refractivity contribution in [2.45, 2.75) is 6.54 Å². The molecule has 0 radical (unpaired) electrons. The maximum Gasteiger partial charge on any atom is 0.248 e. The number of carbonyl (C=O) groups excluding carboxylic acids is 2. The molecule has 0 bridgehead atoms. The topological polar surface area (TPSA) is 75.4 Å².